The molecular formula is C14H12N2O6. The Morgan fingerprint density at radius 1 is 1.23 bits per heavy atom. The Bertz CT molecular complexity index is 675. The van der Waals surface area contributed by atoms with Crippen molar-refractivity contribution >= 4 is 29.7 Å². The van der Waals surface area contributed by atoms with Crippen molar-refractivity contribution in [3.8, 4) is 11.5 Å². The highest BCUT2D eigenvalue weighted by Gasteiger charge is 2.38. The number of carbonyl (C=O) groups is 4. The van der Waals surface area contributed by atoms with Crippen LogP contribution < -0.4 is 15.4 Å². The number of aromatic hydroxyl groups is 1. The molecule has 1 aromatic carbocycles. The molecule has 1 aliphatic heterocycles. The number of barbiturate groups is 1. The van der Waals surface area contributed by atoms with Crippen LogP contribution in [0.1, 0.15) is 5.56 Å². The lowest BCUT2D eigenvalue weighted by molar-refractivity contribution is -0.140. The highest BCUT2D eigenvalue weighted by molar-refractivity contribution is 6.28. The van der Waals surface area contributed by atoms with E-state index in [1.165, 1.54) is 31.4 Å². The summed E-state index contributed by atoms with van der Waals surface area (Å²) in [5.41, 5.74) is 0.524. The summed E-state index contributed by atoms with van der Waals surface area (Å²) in [6.45, 7) is 0. The van der Waals surface area contributed by atoms with E-state index < -0.39 is 29.5 Å². The van der Waals surface area contributed by atoms with Gasteiger partial charge in [-0.3, -0.25) is 25.0 Å². The highest BCUT2D eigenvalue weighted by atomic mass is 16.5. The van der Waals surface area contributed by atoms with Crippen molar-refractivity contribution in [2.24, 2.45) is 5.92 Å². The number of hydrogen-bond donors (Lipinski definition) is 3. The molecule has 1 heterocycles. The van der Waals surface area contributed by atoms with Crippen LogP contribution in [0.15, 0.2) is 24.3 Å². The molecule has 1 aliphatic rings. The Labute approximate surface area is 124 Å². The number of urea groups is 1. The Hall–Kier alpha value is -3.16. The van der Waals surface area contributed by atoms with Crippen molar-refractivity contribution in [1.29, 1.82) is 0 Å². The number of phenols is 1. The first kappa shape index (κ1) is 15.2. The van der Waals surface area contributed by atoms with Crippen molar-refractivity contribution < 1.29 is 29.0 Å². The quantitative estimate of drug-likeness (QED) is 0.530. The monoisotopic (exact) mass is 304 g/mol. The van der Waals surface area contributed by atoms with E-state index in [1.54, 1.807) is 0 Å². The predicted molar refractivity (Wildman–Crippen MR) is 73.9 cm³/mol. The molecule has 0 radical (unpaired) electrons. The van der Waals surface area contributed by atoms with E-state index in [-0.39, 0.29) is 11.5 Å². The first-order chi connectivity index (χ1) is 10.4. The van der Waals surface area contributed by atoms with E-state index in [1.807, 2.05) is 10.6 Å². The number of ether oxygens (including phenoxy) is 1. The average molecular weight is 304 g/mol. The van der Waals surface area contributed by atoms with Crippen LogP contribution in [0, 0.1) is 5.92 Å². The van der Waals surface area contributed by atoms with Crippen LogP contribution in [0.5, 0.6) is 11.5 Å². The third-order valence-corrected chi connectivity index (χ3v) is 2.93. The predicted octanol–water partition coefficient (Wildman–Crippen LogP) is -0.0347. The molecule has 0 unspecified atom stereocenters. The van der Waals surface area contributed by atoms with E-state index in [2.05, 4.69) is 0 Å². The standard InChI is InChI=1S/C14H12N2O6/c1-22-10-6-7(2-4-8(10)17)3-5-9(18)11-12(19)15-14(21)16-13(11)20/h2-6,11,17H,1H3,(H2,15,16,19,20,21)/b5-3+. The summed E-state index contributed by atoms with van der Waals surface area (Å²) in [7, 11) is 1.38. The second-order valence-corrected chi connectivity index (χ2v) is 4.41. The molecule has 1 saturated heterocycles. The zero-order valence-electron chi connectivity index (χ0n) is 11.5. The molecule has 3 N–H and O–H groups in total. The molecule has 1 aromatic rings. The molecule has 22 heavy (non-hydrogen) atoms. The maximum Gasteiger partial charge on any atom is 0.328 e. The molecule has 0 atom stereocenters. The van der Waals surface area contributed by atoms with Gasteiger partial charge in [-0.15, -0.1) is 0 Å². The minimum Gasteiger partial charge on any atom is -0.504 e. The molecule has 8 heteroatoms. The molecule has 0 bridgehead atoms. The van der Waals surface area contributed by atoms with E-state index in [4.69, 9.17) is 4.74 Å². The lowest BCUT2D eigenvalue weighted by Gasteiger charge is -2.18. The number of carbonyl (C=O) groups excluding carboxylic acids is 4. The normalized spacial score (nSPS) is 15.6. The maximum atomic E-state index is 11.9. The molecule has 1 fully saturated rings. The average Bonchev–Trinajstić information content (AvgIpc) is 2.45. The summed E-state index contributed by atoms with van der Waals surface area (Å²) in [6, 6.07) is 3.42. The second kappa shape index (κ2) is 6.08. The summed E-state index contributed by atoms with van der Waals surface area (Å²) < 4.78 is 4.92. The van der Waals surface area contributed by atoms with Gasteiger partial charge in [-0.1, -0.05) is 12.1 Å². The van der Waals surface area contributed by atoms with Crippen LogP contribution in [0.3, 0.4) is 0 Å². The van der Waals surface area contributed by atoms with E-state index in [0.717, 1.165) is 6.08 Å². The van der Waals surface area contributed by atoms with Crippen molar-refractivity contribution in [2.75, 3.05) is 7.11 Å². The van der Waals surface area contributed by atoms with Gasteiger partial charge in [0.15, 0.2) is 23.2 Å². The van der Waals surface area contributed by atoms with Gasteiger partial charge >= 0.3 is 6.03 Å². The fraction of sp³-hybridized carbons (Fsp3) is 0.143. The van der Waals surface area contributed by atoms with Crippen molar-refractivity contribution in [3.05, 3.63) is 29.8 Å². The number of benzene rings is 1. The SMILES string of the molecule is COc1cc(/C=C/C(=O)C2C(=O)NC(=O)NC2=O)ccc1O. The smallest absolute Gasteiger partial charge is 0.328 e. The van der Waals surface area contributed by atoms with Gasteiger partial charge in [0, 0.05) is 0 Å². The van der Waals surface area contributed by atoms with Gasteiger partial charge in [0.05, 0.1) is 7.11 Å². The van der Waals surface area contributed by atoms with E-state index in [0.29, 0.717) is 5.56 Å². The van der Waals surface area contributed by atoms with Gasteiger partial charge in [-0.05, 0) is 23.8 Å². The lowest BCUT2D eigenvalue weighted by Crippen LogP contribution is -2.57. The third kappa shape index (κ3) is 3.11. The minimum atomic E-state index is -1.60. The van der Waals surface area contributed by atoms with Gasteiger partial charge in [-0.25, -0.2) is 4.79 Å². The Morgan fingerprint density at radius 3 is 2.45 bits per heavy atom. The van der Waals surface area contributed by atoms with Crippen molar-refractivity contribution in [2.45, 2.75) is 0 Å². The Kier molecular flexibility index (Phi) is 4.21. The van der Waals surface area contributed by atoms with Crippen LogP contribution in [0.2, 0.25) is 0 Å². The summed E-state index contributed by atoms with van der Waals surface area (Å²) in [5.74, 6) is -4.15. The highest BCUT2D eigenvalue weighted by Crippen LogP contribution is 2.26. The van der Waals surface area contributed by atoms with Crippen molar-refractivity contribution in [3.63, 3.8) is 0 Å². The fourth-order valence-electron chi connectivity index (χ4n) is 1.85. The number of rotatable bonds is 4. The van der Waals surface area contributed by atoms with Crippen LogP contribution in [0.4, 0.5) is 4.79 Å². The number of ketones is 1. The van der Waals surface area contributed by atoms with Gasteiger partial charge in [0.1, 0.15) is 0 Å². The first-order valence-corrected chi connectivity index (χ1v) is 6.17. The maximum absolute atomic E-state index is 11.9. The second-order valence-electron chi connectivity index (χ2n) is 4.41. The van der Waals surface area contributed by atoms with Crippen LogP contribution in [-0.2, 0) is 14.4 Å². The first-order valence-electron chi connectivity index (χ1n) is 6.17. The van der Waals surface area contributed by atoms with Crippen LogP contribution >= 0.6 is 0 Å². The van der Waals surface area contributed by atoms with Crippen LogP contribution in [-0.4, -0.2) is 35.8 Å². The molecular weight excluding hydrogens is 292 g/mol. The van der Waals surface area contributed by atoms with Gasteiger partial charge in [-0.2, -0.15) is 0 Å². The molecule has 8 nitrogen and oxygen atoms in total. The molecule has 4 amide bonds. The number of amides is 4. The lowest BCUT2D eigenvalue weighted by atomic mass is 9.99. The van der Waals surface area contributed by atoms with Gasteiger partial charge in [0.2, 0.25) is 11.8 Å². The Morgan fingerprint density at radius 2 is 1.86 bits per heavy atom. The molecule has 0 spiro atoms. The summed E-state index contributed by atoms with van der Waals surface area (Å²) in [5, 5.41) is 13.2. The van der Waals surface area contributed by atoms with Gasteiger partial charge in [0.25, 0.3) is 0 Å². The summed E-state index contributed by atoms with van der Waals surface area (Å²) >= 11 is 0. The van der Waals surface area contributed by atoms with Gasteiger partial charge < -0.3 is 9.84 Å². The minimum absolute atomic E-state index is 0.0597. The number of hydrogen-bond acceptors (Lipinski definition) is 6. The topological polar surface area (TPSA) is 122 Å². The van der Waals surface area contributed by atoms with Crippen molar-refractivity contribution in [1.82, 2.24) is 10.6 Å². The number of allylic oxidation sites excluding steroid dienone is 1. The molecule has 114 valence electrons. The zero-order chi connectivity index (χ0) is 16.3. The number of nitrogens with one attached hydrogen (secondary N) is 2. The largest absolute Gasteiger partial charge is 0.504 e. The molecule has 2 rings (SSSR count). The number of phenolic OH excluding ortho intramolecular Hbond substituents is 1. The molecule has 0 aromatic heterocycles. The summed E-state index contributed by atoms with van der Waals surface area (Å²) in [6.07, 6.45) is 2.41. The van der Waals surface area contributed by atoms with E-state index >= 15 is 0 Å². The Balaban J connectivity index is 2.16. The molecule has 0 aliphatic carbocycles. The number of imide groups is 2. The van der Waals surface area contributed by atoms with Crippen LogP contribution in [0.25, 0.3) is 6.08 Å². The van der Waals surface area contributed by atoms with E-state index in [9.17, 15) is 24.3 Å². The summed E-state index contributed by atoms with van der Waals surface area (Å²) in [4.78, 5) is 45.8. The zero-order valence-corrected chi connectivity index (χ0v) is 11.5. The third-order valence-electron chi connectivity index (χ3n) is 2.93. The molecule has 0 saturated carbocycles. The fourth-order valence-corrected chi connectivity index (χ4v) is 1.85. The number of methoxy groups -OCH3 is 1.